The molecule has 0 unspecified atom stereocenters. The molecule has 3 heteroatoms. The van der Waals surface area contributed by atoms with Crippen molar-refractivity contribution in [3.8, 4) is 11.1 Å². The molecule has 4 N–H and O–H groups in total. The highest BCUT2D eigenvalue weighted by atomic mass is 14.5. The van der Waals surface area contributed by atoms with Gasteiger partial charge in [-0.15, -0.1) is 0 Å². The molecule has 0 aliphatic heterocycles. The maximum Gasteiger partial charge on any atom is 0.194 e. The summed E-state index contributed by atoms with van der Waals surface area (Å²) in [5.74, 6) is 0. The van der Waals surface area contributed by atoms with Crippen LogP contribution < -0.4 is 22.4 Å². The van der Waals surface area contributed by atoms with Crippen LogP contribution in [0.15, 0.2) is 72.8 Å². The molecular formula is C18H17BN2. The molecule has 3 rings (SSSR count). The molecule has 21 heavy (non-hydrogen) atoms. The summed E-state index contributed by atoms with van der Waals surface area (Å²) in [4.78, 5) is 0. The molecule has 3 aromatic rings. The monoisotopic (exact) mass is 272 g/mol. The summed E-state index contributed by atoms with van der Waals surface area (Å²) in [7, 11) is 0.843. The first-order chi connectivity index (χ1) is 10.2. The van der Waals surface area contributed by atoms with Crippen LogP contribution in [0.2, 0.25) is 0 Å². The third-order valence-corrected chi connectivity index (χ3v) is 3.62. The SMILES string of the molecule is Nc1ccc(-c2ccc(N)c(Bc3ccccc3)c2)cc1. The van der Waals surface area contributed by atoms with Crippen molar-refractivity contribution >= 4 is 29.6 Å². The van der Waals surface area contributed by atoms with E-state index < -0.39 is 0 Å². The third-order valence-electron chi connectivity index (χ3n) is 3.62. The highest BCUT2D eigenvalue weighted by Gasteiger charge is 2.06. The summed E-state index contributed by atoms with van der Waals surface area (Å²) < 4.78 is 0. The molecule has 102 valence electrons. The van der Waals surface area contributed by atoms with Crippen LogP contribution in [0.25, 0.3) is 11.1 Å². The van der Waals surface area contributed by atoms with Crippen LogP contribution in [0.5, 0.6) is 0 Å². The maximum absolute atomic E-state index is 6.12. The van der Waals surface area contributed by atoms with Gasteiger partial charge in [-0.25, -0.2) is 0 Å². The lowest BCUT2D eigenvalue weighted by Gasteiger charge is -2.09. The van der Waals surface area contributed by atoms with Crippen molar-refractivity contribution in [1.29, 1.82) is 0 Å². The molecule has 0 saturated carbocycles. The molecule has 0 spiro atoms. The van der Waals surface area contributed by atoms with E-state index in [1.54, 1.807) is 0 Å². The topological polar surface area (TPSA) is 52.0 Å². The minimum Gasteiger partial charge on any atom is -0.399 e. The van der Waals surface area contributed by atoms with Gasteiger partial charge in [0.2, 0.25) is 0 Å². The van der Waals surface area contributed by atoms with Gasteiger partial charge in [-0.1, -0.05) is 65.5 Å². The second-order valence-electron chi connectivity index (χ2n) is 5.20. The van der Waals surface area contributed by atoms with E-state index in [2.05, 4.69) is 36.4 Å². The maximum atomic E-state index is 6.12. The van der Waals surface area contributed by atoms with Crippen molar-refractivity contribution < 1.29 is 0 Å². The largest absolute Gasteiger partial charge is 0.399 e. The quantitative estimate of drug-likeness (QED) is 0.565. The highest BCUT2D eigenvalue weighted by molar-refractivity contribution is 6.68. The van der Waals surface area contributed by atoms with Crippen LogP contribution >= 0.6 is 0 Å². The van der Waals surface area contributed by atoms with Gasteiger partial charge in [0.15, 0.2) is 7.28 Å². The van der Waals surface area contributed by atoms with Crippen LogP contribution in [-0.4, -0.2) is 7.28 Å². The Morgan fingerprint density at radius 1 is 0.667 bits per heavy atom. The number of hydrogen-bond donors (Lipinski definition) is 2. The van der Waals surface area contributed by atoms with Gasteiger partial charge < -0.3 is 11.5 Å². The summed E-state index contributed by atoms with van der Waals surface area (Å²) in [6.07, 6.45) is 0. The van der Waals surface area contributed by atoms with E-state index in [0.717, 1.165) is 35.2 Å². The fourth-order valence-electron chi connectivity index (χ4n) is 2.43. The van der Waals surface area contributed by atoms with Crippen LogP contribution in [0.3, 0.4) is 0 Å². The van der Waals surface area contributed by atoms with Gasteiger partial charge in [-0.2, -0.15) is 0 Å². The standard InChI is InChI=1S/C18H17BN2/c20-16-9-6-13(7-10-16)14-8-11-18(21)17(12-14)19-15-4-2-1-3-5-15/h1-12,19H,20-21H2. The number of nitrogens with two attached hydrogens (primary N) is 2. The number of hydrogen-bond acceptors (Lipinski definition) is 2. The van der Waals surface area contributed by atoms with Gasteiger partial charge in [0.1, 0.15) is 0 Å². The van der Waals surface area contributed by atoms with Crippen LogP contribution in [0.4, 0.5) is 11.4 Å². The fraction of sp³-hybridized carbons (Fsp3) is 0. The van der Waals surface area contributed by atoms with E-state index in [0.29, 0.717) is 0 Å². The lowest BCUT2D eigenvalue weighted by atomic mass is 9.63. The zero-order valence-electron chi connectivity index (χ0n) is 11.8. The Morgan fingerprint density at radius 3 is 2.05 bits per heavy atom. The predicted octanol–water partition coefficient (Wildman–Crippen LogP) is 1.91. The second-order valence-corrected chi connectivity index (χ2v) is 5.20. The third kappa shape index (κ3) is 3.08. The average Bonchev–Trinajstić information content (AvgIpc) is 2.51. The van der Waals surface area contributed by atoms with Gasteiger partial charge in [0.25, 0.3) is 0 Å². The predicted molar refractivity (Wildman–Crippen MR) is 93.6 cm³/mol. The Labute approximate surface area is 125 Å². The van der Waals surface area contributed by atoms with E-state index in [1.165, 1.54) is 5.46 Å². The molecule has 0 radical (unpaired) electrons. The Balaban J connectivity index is 1.94. The lowest BCUT2D eigenvalue weighted by Crippen LogP contribution is -2.29. The Bertz CT molecular complexity index is 737. The summed E-state index contributed by atoms with van der Waals surface area (Å²) in [5.41, 5.74) is 18.2. The van der Waals surface area contributed by atoms with Crippen molar-refractivity contribution in [3.63, 3.8) is 0 Å². The zero-order chi connectivity index (χ0) is 14.7. The molecule has 0 fully saturated rings. The van der Waals surface area contributed by atoms with E-state index >= 15 is 0 Å². The van der Waals surface area contributed by atoms with Crippen LogP contribution in [-0.2, 0) is 0 Å². The molecule has 0 aromatic heterocycles. The number of anilines is 2. The molecule has 0 amide bonds. The molecule has 0 aliphatic rings. The summed E-state index contributed by atoms with van der Waals surface area (Å²) >= 11 is 0. The molecular weight excluding hydrogens is 255 g/mol. The Kier molecular flexibility index (Phi) is 3.65. The average molecular weight is 272 g/mol. The zero-order valence-corrected chi connectivity index (χ0v) is 11.8. The molecule has 0 aliphatic carbocycles. The molecule has 2 nitrogen and oxygen atoms in total. The van der Waals surface area contributed by atoms with E-state index in [-0.39, 0.29) is 0 Å². The molecule has 0 atom stereocenters. The molecule has 3 aromatic carbocycles. The Morgan fingerprint density at radius 2 is 1.33 bits per heavy atom. The van der Waals surface area contributed by atoms with Crippen molar-refractivity contribution in [3.05, 3.63) is 72.8 Å². The smallest absolute Gasteiger partial charge is 0.194 e. The Hall–Kier alpha value is -2.68. The highest BCUT2D eigenvalue weighted by Crippen LogP contribution is 2.20. The van der Waals surface area contributed by atoms with Crippen molar-refractivity contribution in [2.24, 2.45) is 0 Å². The lowest BCUT2D eigenvalue weighted by molar-refractivity contribution is 1.62. The summed E-state index contributed by atoms with van der Waals surface area (Å²) in [6, 6.07) is 24.5. The van der Waals surface area contributed by atoms with Crippen molar-refractivity contribution in [2.45, 2.75) is 0 Å². The first kappa shape index (κ1) is 13.3. The van der Waals surface area contributed by atoms with Crippen LogP contribution in [0, 0.1) is 0 Å². The second kappa shape index (κ2) is 5.75. The summed E-state index contributed by atoms with van der Waals surface area (Å²) in [6.45, 7) is 0. The molecule has 0 heterocycles. The van der Waals surface area contributed by atoms with Crippen molar-refractivity contribution in [2.75, 3.05) is 11.5 Å². The summed E-state index contributed by atoms with van der Waals surface area (Å²) in [5, 5.41) is 0. The van der Waals surface area contributed by atoms with Crippen molar-refractivity contribution in [1.82, 2.24) is 0 Å². The van der Waals surface area contributed by atoms with Gasteiger partial charge in [-0.05, 0) is 29.3 Å². The van der Waals surface area contributed by atoms with Crippen LogP contribution in [0.1, 0.15) is 0 Å². The van der Waals surface area contributed by atoms with Gasteiger partial charge in [-0.3, -0.25) is 0 Å². The minimum atomic E-state index is 0.777. The van der Waals surface area contributed by atoms with Gasteiger partial charge in [0.05, 0.1) is 0 Å². The van der Waals surface area contributed by atoms with Gasteiger partial charge in [0, 0.05) is 11.4 Å². The first-order valence-electron chi connectivity index (χ1n) is 7.00. The van der Waals surface area contributed by atoms with E-state index in [4.69, 9.17) is 11.5 Å². The molecule has 0 bridgehead atoms. The first-order valence-corrected chi connectivity index (χ1v) is 7.00. The fourth-order valence-corrected chi connectivity index (χ4v) is 2.43. The number of nitrogen functional groups attached to an aromatic ring is 2. The van der Waals surface area contributed by atoms with Gasteiger partial charge >= 0.3 is 0 Å². The number of rotatable bonds is 3. The van der Waals surface area contributed by atoms with E-state index in [1.807, 2.05) is 36.4 Å². The van der Waals surface area contributed by atoms with E-state index in [9.17, 15) is 0 Å². The number of benzene rings is 3. The minimum absolute atomic E-state index is 0.777. The molecule has 0 saturated heterocycles. The normalized spacial score (nSPS) is 10.3.